The van der Waals surface area contributed by atoms with Crippen LogP contribution in [0.25, 0.3) is 0 Å². The molecule has 23 heteroatoms. The minimum atomic E-state index is -1.68. The van der Waals surface area contributed by atoms with Gasteiger partial charge in [0.15, 0.2) is 0 Å². The number of unbranched alkanes of at least 4 members (excludes halogenated alkanes) is 1. The van der Waals surface area contributed by atoms with Gasteiger partial charge in [-0.1, -0.05) is 27.2 Å². The Balaban J connectivity index is 1.79. The molecule has 0 aromatic rings. The van der Waals surface area contributed by atoms with Crippen LogP contribution in [-0.4, -0.2) is 130 Å². The standard InChI is InChI=1S/C48H78N10O11S2/c1-25-12-11-13-31-29(24-52-38(25)31)21-34-43(65)54-32(14-9-10-19-51-27(3)60)42(64)58-40(46(68)55-33(41(50)63)20-28-15-17-30(69-8)18-16-28)48(6,7)71-70-47(4,5)23-37(62)53-35(22-36(49)61)44(66)57-39(26(2)59)45(67)56-34/h17,26,28-29,31-35,39-40,52,59H,9-16,18-24H2,1-8H3,(H2,49,61)(H2,50,63)(H,51,60)(H,53,62)(H,54,65)(H,55,68)(H,56,67)(H,57,66)(H,58,64)/t26-,28?,29?,31?,32+,33+,34+,35+,39+,40-/m1/s1. The fraction of sp³-hybridized carbons (Fsp3) is 0.729. The maximum atomic E-state index is 14.8. The molecular formula is C48H78N10O11S2. The van der Waals surface area contributed by atoms with Crippen LogP contribution in [0.5, 0.6) is 0 Å². The molecule has 9 amide bonds. The van der Waals surface area contributed by atoms with Crippen LogP contribution in [-0.2, 0) is 47.9 Å². The van der Waals surface area contributed by atoms with E-state index in [1.807, 2.05) is 6.08 Å². The molecule has 10 atom stereocenters. The zero-order chi connectivity index (χ0) is 52.8. The number of amides is 9. The Hall–Kier alpha value is -5.03. The molecule has 4 aliphatic rings. The van der Waals surface area contributed by atoms with Gasteiger partial charge >= 0.3 is 0 Å². The van der Waals surface area contributed by atoms with Crippen molar-refractivity contribution in [3.63, 3.8) is 0 Å². The molecule has 3 unspecified atom stereocenters. The molecule has 71 heavy (non-hydrogen) atoms. The summed E-state index contributed by atoms with van der Waals surface area (Å²) in [5.41, 5.74) is 13.7. The molecule has 4 rings (SSSR count). The number of rotatable bonds is 16. The summed E-state index contributed by atoms with van der Waals surface area (Å²) >= 11 is 0. The van der Waals surface area contributed by atoms with E-state index in [9.17, 15) is 48.3 Å². The predicted molar refractivity (Wildman–Crippen MR) is 270 cm³/mol. The molecule has 0 bridgehead atoms. The van der Waals surface area contributed by atoms with Crippen LogP contribution in [0.1, 0.15) is 132 Å². The van der Waals surface area contributed by atoms with Crippen LogP contribution < -0.4 is 54.0 Å². The molecular weight excluding hydrogens is 957 g/mol. The number of ether oxygens (including phenoxy) is 1. The fourth-order valence-electron chi connectivity index (χ4n) is 9.54. The Bertz CT molecular complexity index is 2050. The second kappa shape index (κ2) is 26.6. The number of aliphatic hydroxyl groups excluding tert-OH is 1. The average Bonchev–Trinajstić information content (AvgIpc) is 3.70. The molecule has 2 fully saturated rings. The first kappa shape index (κ1) is 58.5. The van der Waals surface area contributed by atoms with Gasteiger partial charge in [-0.25, -0.2) is 0 Å². The third-order valence-electron chi connectivity index (χ3n) is 13.5. The van der Waals surface area contributed by atoms with Crippen molar-refractivity contribution in [2.75, 3.05) is 20.2 Å². The van der Waals surface area contributed by atoms with Crippen molar-refractivity contribution in [3.8, 4) is 0 Å². The number of allylic oxidation sites excluding steroid dienone is 4. The summed E-state index contributed by atoms with van der Waals surface area (Å²) in [5, 5.41) is 33.4. The van der Waals surface area contributed by atoms with E-state index in [0.717, 1.165) is 30.7 Å². The van der Waals surface area contributed by atoms with E-state index >= 15 is 0 Å². The molecule has 2 saturated heterocycles. The lowest BCUT2D eigenvalue weighted by Gasteiger charge is -2.37. The van der Waals surface area contributed by atoms with Gasteiger partial charge in [-0.15, -0.1) is 0 Å². The number of carbonyl (C=O) groups is 9. The third kappa shape index (κ3) is 17.9. The molecule has 2 heterocycles. The molecule has 13 N–H and O–H groups in total. The number of methoxy groups -OCH3 is 1. The summed E-state index contributed by atoms with van der Waals surface area (Å²) in [6.45, 7) is 12.4. The third-order valence-corrected chi connectivity index (χ3v) is 17.8. The van der Waals surface area contributed by atoms with Crippen LogP contribution in [0.4, 0.5) is 0 Å². The highest BCUT2D eigenvalue weighted by Crippen LogP contribution is 2.47. The summed E-state index contributed by atoms with van der Waals surface area (Å²) in [4.78, 5) is 123. The predicted octanol–water partition coefficient (Wildman–Crippen LogP) is 0.690. The molecule has 2 aliphatic carbocycles. The number of hydrogen-bond acceptors (Lipinski definition) is 14. The monoisotopic (exact) mass is 1030 g/mol. The molecule has 21 nitrogen and oxygen atoms in total. The van der Waals surface area contributed by atoms with E-state index < -0.39 is 106 Å². The van der Waals surface area contributed by atoms with Crippen LogP contribution in [0.15, 0.2) is 23.1 Å². The summed E-state index contributed by atoms with van der Waals surface area (Å²) in [6, 6.07) is -8.36. The van der Waals surface area contributed by atoms with Gasteiger partial charge in [0.05, 0.1) is 25.4 Å². The van der Waals surface area contributed by atoms with Gasteiger partial charge in [-0.05, 0) is 124 Å². The van der Waals surface area contributed by atoms with Gasteiger partial charge in [0.1, 0.15) is 36.3 Å². The number of carbonyl (C=O) groups excluding carboxylic acids is 9. The maximum absolute atomic E-state index is 14.8. The first-order valence-corrected chi connectivity index (χ1v) is 26.8. The molecule has 0 saturated carbocycles. The van der Waals surface area contributed by atoms with E-state index in [-0.39, 0.29) is 55.9 Å². The van der Waals surface area contributed by atoms with Crippen LogP contribution in [0.3, 0.4) is 0 Å². The molecule has 0 spiro atoms. The van der Waals surface area contributed by atoms with Gasteiger partial charge in [0.25, 0.3) is 0 Å². The molecule has 0 aromatic carbocycles. The Morgan fingerprint density at radius 1 is 0.887 bits per heavy atom. The summed E-state index contributed by atoms with van der Waals surface area (Å²) in [7, 11) is 3.98. The number of hydrogen-bond donors (Lipinski definition) is 11. The lowest BCUT2D eigenvalue weighted by atomic mass is 9.79. The van der Waals surface area contributed by atoms with Crippen molar-refractivity contribution >= 4 is 74.8 Å². The zero-order valence-electron chi connectivity index (χ0n) is 42.5. The normalized spacial score (nSPS) is 28.6. The minimum Gasteiger partial charge on any atom is -0.501 e. The van der Waals surface area contributed by atoms with Crippen molar-refractivity contribution in [1.82, 2.24) is 42.5 Å². The van der Waals surface area contributed by atoms with Crippen molar-refractivity contribution in [1.29, 1.82) is 0 Å². The molecule has 398 valence electrons. The summed E-state index contributed by atoms with van der Waals surface area (Å²) in [5.74, 6) is -6.06. The lowest BCUT2D eigenvalue weighted by Crippen LogP contribution is -2.63. The average molecular weight is 1040 g/mol. The Morgan fingerprint density at radius 2 is 1.56 bits per heavy atom. The highest BCUT2D eigenvalue weighted by atomic mass is 33.1. The minimum absolute atomic E-state index is 0.00948. The SMILES string of the molecule is COC1=CCC(C[C@H](NC(=O)[C@H]2NC(=O)[C@H](CCCCNC(C)=O)NC(=O)[C@H](CC3CNC4=C(C)CCCC43)NC(=O)[C@H]([C@@H](C)O)NC(=O)[C@H](CC(N)=O)NC(=O)CC(C)(C)SSC2(C)C)C(N)=O)CC1. The van der Waals surface area contributed by atoms with Gasteiger partial charge in [-0.2, -0.15) is 0 Å². The molecule has 0 aromatic heterocycles. The van der Waals surface area contributed by atoms with E-state index in [4.69, 9.17) is 16.2 Å². The van der Waals surface area contributed by atoms with Crippen molar-refractivity contribution in [3.05, 3.63) is 23.1 Å². The van der Waals surface area contributed by atoms with Crippen LogP contribution >= 0.6 is 21.6 Å². The highest BCUT2D eigenvalue weighted by Gasteiger charge is 2.44. The van der Waals surface area contributed by atoms with E-state index in [1.165, 1.54) is 41.0 Å². The quantitative estimate of drug-likeness (QED) is 0.0749. The second-order valence-corrected chi connectivity index (χ2v) is 24.0. The Morgan fingerprint density at radius 3 is 2.18 bits per heavy atom. The zero-order valence-corrected chi connectivity index (χ0v) is 44.1. The van der Waals surface area contributed by atoms with E-state index in [1.54, 1.807) is 34.8 Å². The van der Waals surface area contributed by atoms with E-state index in [0.29, 0.717) is 38.6 Å². The maximum Gasteiger partial charge on any atom is 0.245 e. The molecule has 0 radical (unpaired) electrons. The van der Waals surface area contributed by atoms with Gasteiger partial charge in [0, 0.05) is 54.0 Å². The molecule has 2 aliphatic heterocycles. The number of fused-ring (bicyclic) bond motifs is 1. The highest BCUT2D eigenvalue weighted by molar-refractivity contribution is 8.77. The number of primary amides is 2. The van der Waals surface area contributed by atoms with Crippen molar-refractivity contribution < 1.29 is 53.0 Å². The number of aliphatic hydroxyl groups is 1. The topological polar surface area (TPSA) is 331 Å². The largest absolute Gasteiger partial charge is 0.501 e. The first-order chi connectivity index (χ1) is 33.3. The Labute approximate surface area is 425 Å². The lowest BCUT2D eigenvalue weighted by molar-refractivity contribution is -0.137. The van der Waals surface area contributed by atoms with Gasteiger partial charge in [0.2, 0.25) is 53.2 Å². The fourth-order valence-corrected chi connectivity index (χ4v) is 12.2. The number of nitrogens with one attached hydrogen (secondary N) is 8. The van der Waals surface area contributed by atoms with Crippen LogP contribution in [0.2, 0.25) is 0 Å². The van der Waals surface area contributed by atoms with Crippen molar-refractivity contribution in [2.45, 2.75) is 184 Å². The van der Waals surface area contributed by atoms with E-state index in [2.05, 4.69) is 49.5 Å². The second-order valence-electron chi connectivity index (χ2n) is 20.6. The Kier molecular flexibility index (Phi) is 21.9. The summed E-state index contributed by atoms with van der Waals surface area (Å²) in [6.07, 6.45) is 5.23. The first-order valence-electron chi connectivity index (χ1n) is 24.6. The smallest absolute Gasteiger partial charge is 0.245 e. The van der Waals surface area contributed by atoms with Gasteiger partial charge < -0.3 is 63.8 Å². The summed E-state index contributed by atoms with van der Waals surface area (Å²) < 4.78 is 3.25. The van der Waals surface area contributed by atoms with Crippen LogP contribution in [0, 0.1) is 17.8 Å². The van der Waals surface area contributed by atoms with Crippen molar-refractivity contribution in [2.24, 2.45) is 29.2 Å². The number of nitrogens with two attached hydrogens (primary N) is 2. The van der Waals surface area contributed by atoms with Gasteiger partial charge in [-0.3, -0.25) is 43.2 Å².